The van der Waals surface area contributed by atoms with Gasteiger partial charge in [-0.25, -0.2) is 0 Å². The number of carbonyl (C=O) groups is 1. The van der Waals surface area contributed by atoms with Crippen LogP contribution in [0.15, 0.2) is 18.2 Å². The van der Waals surface area contributed by atoms with Crippen molar-refractivity contribution >= 4 is 12.0 Å². The van der Waals surface area contributed by atoms with E-state index in [9.17, 15) is 15.0 Å². The normalized spacial score (nSPS) is 17.4. The summed E-state index contributed by atoms with van der Waals surface area (Å²) in [6, 6.07) is 5.00. The third-order valence-electron chi connectivity index (χ3n) is 2.97. The van der Waals surface area contributed by atoms with Crippen molar-refractivity contribution in [3.63, 3.8) is 0 Å². The number of hydrogen-bond donors (Lipinski definition) is 2. The van der Waals surface area contributed by atoms with Crippen molar-refractivity contribution < 1.29 is 15.0 Å². The minimum absolute atomic E-state index is 0.00999. The van der Waals surface area contributed by atoms with Crippen LogP contribution in [-0.4, -0.2) is 35.7 Å². The van der Waals surface area contributed by atoms with Crippen LogP contribution in [0.3, 0.4) is 0 Å². The van der Waals surface area contributed by atoms with Gasteiger partial charge in [0.25, 0.3) is 0 Å². The number of aromatic hydroxyl groups is 1. The molecule has 0 bridgehead atoms. The number of hydrogen-bond acceptors (Lipinski definition) is 4. The lowest BCUT2D eigenvalue weighted by atomic mass is 10.1. The van der Waals surface area contributed by atoms with E-state index in [1.54, 1.807) is 12.1 Å². The molecule has 0 unspecified atom stereocenters. The number of phenolic OH excluding ortho intramolecular Hbond substituents is 1. The molecule has 0 spiro atoms. The smallest absolute Gasteiger partial charge is 0.153 e. The Morgan fingerprint density at radius 3 is 2.62 bits per heavy atom. The van der Waals surface area contributed by atoms with Crippen molar-refractivity contribution in [1.82, 2.24) is 0 Å². The number of aldehydes is 1. The van der Waals surface area contributed by atoms with Crippen LogP contribution in [0.25, 0.3) is 0 Å². The van der Waals surface area contributed by atoms with E-state index >= 15 is 0 Å². The molecule has 0 amide bonds. The highest BCUT2D eigenvalue weighted by Crippen LogP contribution is 2.25. The summed E-state index contributed by atoms with van der Waals surface area (Å²) in [7, 11) is 0. The summed E-state index contributed by atoms with van der Waals surface area (Å²) >= 11 is 0. The van der Waals surface area contributed by atoms with E-state index < -0.39 is 0 Å². The van der Waals surface area contributed by atoms with Crippen LogP contribution in [0.2, 0.25) is 0 Å². The van der Waals surface area contributed by atoms with Gasteiger partial charge in [0.1, 0.15) is 5.75 Å². The lowest BCUT2D eigenvalue weighted by molar-refractivity contribution is 0.112. The highest BCUT2D eigenvalue weighted by Gasteiger charge is 2.17. The number of rotatable bonds is 2. The molecular formula is C12H15NO3. The number of phenols is 1. The standard InChI is InChI=1S/C12H15NO3/c14-8-9-7-10(1-2-12(9)16)13-5-3-11(15)4-6-13/h1-2,7-8,11,15-16H,3-6H2. The number of benzene rings is 1. The second-order valence-corrected chi connectivity index (χ2v) is 4.08. The van der Waals surface area contributed by atoms with E-state index in [4.69, 9.17) is 0 Å². The van der Waals surface area contributed by atoms with E-state index in [-0.39, 0.29) is 11.9 Å². The fraction of sp³-hybridized carbons (Fsp3) is 0.417. The summed E-state index contributed by atoms with van der Waals surface area (Å²) in [6.07, 6.45) is 1.94. The molecule has 1 aromatic carbocycles. The second-order valence-electron chi connectivity index (χ2n) is 4.08. The first-order chi connectivity index (χ1) is 7.70. The zero-order valence-corrected chi connectivity index (χ0v) is 8.97. The fourth-order valence-electron chi connectivity index (χ4n) is 1.96. The van der Waals surface area contributed by atoms with Crippen molar-refractivity contribution in [3.8, 4) is 5.75 Å². The van der Waals surface area contributed by atoms with E-state index in [1.165, 1.54) is 6.07 Å². The van der Waals surface area contributed by atoms with Crippen LogP contribution in [0.4, 0.5) is 5.69 Å². The van der Waals surface area contributed by atoms with Gasteiger partial charge in [-0.15, -0.1) is 0 Å². The van der Waals surface area contributed by atoms with Crippen LogP contribution in [0.5, 0.6) is 5.75 Å². The Hall–Kier alpha value is -1.55. The molecule has 1 aliphatic heterocycles. The average Bonchev–Trinajstić information content (AvgIpc) is 2.31. The van der Waals surface area contributed by atoms with Gasteiger partial charge >= 0.3 is 0 Å². The highest BCUT2D eigenvalue weighted by molar-refractivity contribution is 5.81. The third kappa shape index (κ3) is 2.17. The Morgan fingerprint density at radius 1 is 1.31 bits per heavy atom. The van der Waals surface area contributed by atoms with Gasteiger partial charge in [0.2, 0.25) is 0 Å². The Kier molecular flexibility index (Phi) is 3.10. The van der Waals surface area contributed by atoms with Gasteiger partial charge in [-0.3, -0.25) is 4.79 Å². The average molecular weight is 221 g/mol. The first-order valence-corrected chi connectivity index (χ1v) is 5.42. The summed E-state index contributed by atoms with van der Waals surface area (Å²) in [5.74, 6) is 0.00999. The molecule has 0 aromatic heterocycles. The molecule has 2 rings (SSSR count). The molecule has 0 radical (unpaired) electrons. The van der Waals surface area contributed by atoms with Crippen molar-refractivity contribution in [1.29, 1.82) is 0 Å². The summed E-state index contributed by atoms with van der Waals surface area (Å²) in [5.41, 5.74) is 1.23. The molecule has 16 heavy (non-hydrogen) atoms. The predicted octanol–water partition coefficient (Wildman–Crippen LogP) is 1.17. The number of aliphatic hydroxyl groups excluding tert-OH is 1. The third-order valence-corrected chi connectivity index (χ3v) is 2.97. The molecular weight excluding hydrogens is 206 g/mol. The van der Waals surface area contributed by atoms with Gasteiger partial charge in [-0.2, -0.15) is 0 Å². The maximum Gasteiger partial charge on any atom is 0.153 e. The van der Waals surface area contributed by atoms with Crippen LogP contribution in [0, 0.1) is 0 Å². The Balaban J connectivity index is 2.17. The summed E-state index contributed by atoms with van der Waals surface area (Å²) in [6.45, 7) is 1.56. The molecule has 1 aromatic rings. The number of piperidine rings is 1. The summed E-state index contributed by atoms with van der Waals surface area (Å²) < 4.78 is 0. The lowest BCUT2D eigenvalue weighted by Gasteiger charge is -2.31. The highest BCUT2D eigenvalue weighted by atomic mass is 16.3. The van der Waals surface area contributed by atoms with E-state index in [2.05, 4.69) is 4.90 Å². The summed E-state index contributed by atoms with van der Waals surface area (Å²) in [4.78, 5) is 12.8. The first-order valence-electron chi connectivity index (χ1n) is 5.42. The van der Waals surface area contributed by atoms with E-state index in [1.807, 2.05) is 0 Å². The topological polar surface area (TPSA) is 60.8 Å². The van der Waals surface area contributed by atoms with Gasteiger partial charge in [0, 0.05) is 18.8 Å². The van der Waals surface area contributed by atoms with Crippen LogP contribution in [-0.2, 0) is 0 Å². The van der Waals surface area contributed by atoms with Gasteiger partial charge in [-0.1, -0.05) is 0 Å². The summed E-state index contributed by atoms with van der Waals surface area (Å²) in [5, 5.41) is 18.8. The zero-order chi connectivity index (χ0) is 11.5. The molecule has 1 aliphatic rings. The molecule has 1 saturated heterocycles. The van der Waals surface area contributed by atoms with Crippen LogP contribution >= 0.6 is 0 Å². The molecule has 2 N–H and O–H groups in total. The Labute approximate surface area is 94.1 Å². The SMILES string of the molecule is O=Cc1cc(N2CCC(O)CC2)ccc1O. The number of anilines is 1. The molecule has 0 saturated carbocycles. The number of carbonyl (C=O) groups excluding carboxylic acids is 1. The lowest BCUT2D eigenvalue weighted by Crippen LogP contribution is -2.35. The minimum atomic E-state index is -0.209. The van der Waals surface area contributed by atoms with Gasteiger partial charge < -0.3 is 15.1 Å². The van der Waals surface area contributed by atoms with E-state index in [0.29, 0.717) is 11.8 Å². The second kappa shape index (κ2) is 4.53. The molecule has 0 atom stereocenters. The van der Waals surface area contributed by atoms with Gasteiger partial charge in [-0.05, 0) is 31.0 Å². The minimum Gasteiger partial charge on any atom is -0.507 e. The molecule has 4 nitrogen and oxygen atoms in total. The van der Waals surface area contributed by atoms with Gasteiger partial charge in [0.15, 0.2) is 6.29 Å². The van der Waals surface area contributed by atoms with Crippen molar-refractivity contribution in [2.24, 2.45) is 0 Å². The Morgan fingerprint density at radius 2 is 2.00 bits per heavy atom. The maximum absolute atomic E-state index is 10.7. The number of nitrogens with zero attached hydrogens (tertiary/aromatic N) is 1. The molecule has 0 aliphatic carbocycles. The fourth-order valence-corrected chi connectivity index (χ4v) is 1.96. The van der Waals surface area contributed by atoms with Crippen LogP contribution < -0.4 is 4.90 Å². The Bertz CT molecular complexity index is 384. The quantitative estimate of drug-likeness (QED) is 0.736. The largest absolute Gasteiger partial charge is 0.507 e. The molecule has 1 heterocycles. The molecule has 1 fully saturated rings. The molecule has 4 heteroatoms. The molecule has 86 valence electrons. The van der Waals surface area contributed by atoms with Gasteiger partial charge in [0.05, 0.1) is 11.7 Å². The van der Waals surface area contributed by atoms with Crippen molar-refractivity contribution in [2.75, 3.05) is 18.0 Å². The van der Waals surface area contributed by atoms with Crippen LogP contribution in [0.1, 0.15) is 23.2 Å². The van der Waals surface area contributed by atoms with Crippen molar-refractivity contribution in [2.45, 2.75) is 18.9 Å². The predicted molar refractivity (Wildman–Crippen MR) is 60.9 cm³/mol. The maximum atomic E-state index is 10.7. The zero-order valence-electron chi connectivity index (χ0n) is 8.97. The monoisotopic (exact) mass is 221 g/mol. The first kappa shape index (κ1) is 11.0. The van der Waals surface area contributed by atoms with Crippen molar-refractivity contribution in [3.05, 3.63) is 23.8 Å². The number of aliphatic hydroxyl groups is 1. The van der Waals surface area contributed by atoms with E-state index in [0.717, 1.165) is 31.6 Å².